The molecule has 1 aliphatic carbocycles. The Morgan fingerprint density at radius 1 is 1.17 bits per heavy atom. The highest BCUT2D eigenvalue weighted by Crippen LogP contribution is 2.44. The molecule has 0 spiro atoms. The predicted octanol–water partition coefficient (Wildman–Crippen LogP) is 3.18. The van der Waals surface area contributed by atoms with Crippen LogP contribution in [0, 0.1) is 11.3 Å². The topological polar surface area (TPSA) is 70.2 Å². The highest BCUT2D eigenvalue weighted by molar-refractivity contribution is 5.96. The smallest absolute Gasteiger partial charge is 0.232 e. The van der Waals surface area contributed by atoms with Crippen LogP contribution in [0.1, 0.15) is 39.0 Å². The van der Waals surface area contributed by atoms with Crippen LogP contribution < -0.4 is 16.0 Å². The van der Waals surface area contributed by atoms with Gasteiger partial charge >= 0.3 is 0 Å². The quantitative estimate of drug-likeness (QED) is 0.780. The molecule has 6 heteroatoms. The highest BCUT2D eigenvalue weighted by Gasteiger charge is 2.49. The zero-order valence-electron chi connectivity index (χ0n) is 14.1. The Morgan fingerprint density at radius 3 is 2.50 bits per heavy atom. The van der Waals surface area contributed by atoms with Crippen LogP contribution in [0.4, 0.5) is 11.4 Å². The van der Waals surface area contributed by atoms with Crippen molar-refractivity contribution < 1.29 is 9.59 Å². The number of hydrogen-bond acceptors (Lipinski definition) is 3. The van der Waals surface area contributed by atoms with Gasteiger partial charge in [-0.3, -0.25) is 9.59 Å². The number of carbonyl (C=O) groups is 2. The number of nitrogens with one attached hydrogen (secondary N) is 3. The number of rotatable bonds is 4. The zero-order chi connectivity index (χ0) is 16.3. The standard InChI is InChI=1S/C18H25N3O2.ClH/c1-2-16(22)20-14-6-8-15(9-7-14)21-17(23)18-10-4-3-5-13(18)11-19-12-18;/h6-9,13,19H,2-5,10-12H2,1H3,(H,20,22)(H,21,23);1H/t13-,18+;/m0./s1. The Kier molecular flexibility index (Phi) is 6.24. The molecule has 1 aromatic rings. The molecule has 2 atom stereocenters. The first kappa shape index (κ1) is 18.7. The summed E-state index contributed by atoms with van der Waals surface area (Å²) in [4.78, 5) is 24.2. The van der Waals surface area contributed by atoms with Crippen molar-refractivity contribution >= 4 is 35.6 Å². The van der Waals surface area contributed by atoms with Crippen LogP contribution in [0.3, 0.4) is 0 Å². The fourth-order valence-electron chi connectivity index (χ4n) is 3.83. The second-order valence-electron chi connectivity index (χ2n) is 6.66. The van der Waals surface area contributed by atoms with Crippen molar-refractivity contribution in [1.29, 1.82) is 0 Å². The van der Waals surface area contributed by atoms with Crippen LogP contribution >= 0.6 is 12.4 Å². The molecule has 1 saturated heterocycles. The molecule has 24 heavy (non-hydrogen) atoms. The minimum Gasteiger partial charge on any atom is -0.326 e. The third kappa shape index (κ3) is 3.73. The molecule has 3 N–H and O–H groups in total. The summed E-state index contributed by atoms with van der Waals surface area (Å²) in [7, 11) is 0. The second-order valence-corrected chi connectivity index (χ2v) is 6.66. The molecule has 0 unspecified atom stereocenters. The van der Waals surface area contributed by atoms with E-state index in [0.717, 1.165) is 43.7 Å². The van der Waals surface area contributed by atoms with E-state index in [1.54, 1.807) is 0 Å². The number of fused-ring (bicyclic) bond motifs is 1. The second kappa shape index (κ2) is 7.99. The Balaban J connectivity index is 0.00000208. The Bertz CT molecular complexity index is 590. The van der Waals surface area contributed by atoms with Gasteiger partial charge in [0, 0.05) is 24.3 Å². The van der Waals surface area contributed by atoms with Gasteiger partial charge < -0.3 is 16.0 Å². The Labute approximate surface area is 149 Å². The summed E-state index contributed by atoms with van der Waals surface area (Å²) < 4.78 is 0. The molecule has 3 rings (SSSR count). The van der Waals surface area contributed by atoms with E-state index in [1.807, 2.05) is 31.2 Å². The molecule has 2 aliphatic rings. The Morgan fingerprint density at radius 2 is 1.83 bits per heavy atom. The Hall–Kier alpha value is -1.59. The molecule has 0 radical (unpaired) electrons. The number of benzene rings is 1. The van der Waals surface area contributed by atoms with E-state index in [2.05, 4.69) is 16.0 Å². The molecule has 0 aromatic heterocycles. The lowest BCUT2D eigenvalue weighted by molar-refractivity contribution is -0.128. The molecule has 1 saturated carbocycles. The van der Waals surface area contributed by atoms with Crippen LogP contribution in [0.15, 0.2) is 24.3 Å². The normalized spacial score (nSPS) is 25.3. The third-order valence-electron chi connectivity index (χ3n) is 5.24. The lowest BCUT2D eigenvalue weighted by Gasteiger charge is -2.37. The van der Waals surface area contributed by atoms with Gasteiger partial charge in [-0.25, -0.2) is 0 Å². The van der Waals surface area contributed by atoms with Gasteiger partial charge in [-0.2, -0.15) is 0 Å². The maximum atomic E-state index is 12.9. The predicted molar refractivity (Wildman–Crippen MR) is 98.5 cm³/mol. The van der Waals surface area contributed by atoms with Gasteiger partial charge in [0.15, 0.2) is 0 Å². The van der Waals surface area contributed by atoms with E-state index < -0.39 is 0 Å². The summed E-state index contributed by atoms with van der Waals surface area (Å²) in [6.07, 6.45) is 4.93. The SMILES string of the molecule is CCC(=O)Nc1ccc(NC(=O)[C@@]23CCCC[C@H]2CNC3)cc1.Cl. The number of amides is 2. The van der Waals surface area contributed by atoms with Gasteiger partial charge in [-0.1, -0.05) is 19.8 Å². The van der Waals surface area contributed by atoms with Crippen molar-refractivity contribution in [3.8, 4) is 0 Å². The number of hydrogen-bond donors (Lipinski definition) is 3. The third-order valence-corrected chi connectivity index (χ3v) is 5.24. The lowest BCUT2D eigenvalue weighted by atomic mass is 9.67. The zero-order valence-corrected chi connectivity index (χ0v) is 14.9. The van der Waals surface area contributed by atoms with Crippen LogP contribution in [-0.4, -0.2) is 24.9 Å². The van der Waals surface area contributed by atoms with Crippen molar-refractivity contribution in [3.63, 3.8) is 0 Å². The average Bonchev–Trinajstić information content (AvgIpc) is 3.01. The van der Waals surface area contributed by atoms with E-state index in [9.17, 15) is 9.59 Å². The molecule has 0 bridgehead atoms. The lowest BCUT2D eigenvalue weighted by Crippen LogP contribution is -2.44. The molecule has 132 valence electrons. The number of carbonyl (C=O) groups excluding carboxylic acids is 2. The van der Waals surface area contributed by atoms with Crippen molar-refractivity contribution in [2.45, 2.75) is 39.0 Å². The minimum atomic E-state index is -0.243. The van der Waals surface area contributed by atoms with Crippen molar-refractivity contribution in [3.05, 3.63) is 24.3 Å². The molecule has 1 heterocycles. The van der Waals surface area contributed by atoms with E-state index in [-0.39, 0.29) is 29.6 Å². The van der Waals surface area contributed by atoms with Crippen molar-refractivity contribution in [2.24, 2.45) is 11.3 Å². The summed E-state index contributed by atoms with van der Waals surface area (Å²) >= 11 is 0. The van der Waals surface area contributed by atoms with Gasteiger partial charge in [0.1, 0.15) is 0 Å². The van der Waals surface area contributed by atoms with Gasteiger partial charge in [-0.15, -0.1) is 12.4 Å². The van der Waals surface area contributed by atoms with E-state index >= 15 is 0 Å². The van der Waals surface area contributed by atoms with Gasteiger partial charge in [0.25, 0.3) is 0 Å². The first-order valence-corrected chi connectivity index (χ1v) is 8.56. The van der Waals surface area contributed by atoms with Gasteiger partial charge in [0.05, 0.1) is 5.41 Å². The van der Waals surface area contributed by atoms with Crippen LogP contribution in [0.5, 0.6) is 0 Å². The monoisotopic (exact) mass is 351 g/mol. The highest BCUT2D eigenvalue weighted by atomic mass is 35.5. The first-order chi connectivity index (χ1) is 11.1. The summed E-state index contributed by atoms with van der Waals surface area (Å²) in [5.41, 5.74) is 1.30. The average molecular weight is 352 g/mol. The van der Waals surface area contributed by atoms with E-state index in [1.165, 1.54) is 6.42 Å². The van der Waals surface area contributed by atoms with Crippen molar-refractivity contribution in [2.75, 3.05) is 23.7 Å². The van der Waals surface area contributed by atoms with E-state index in [4.69, 9.17) is 0 Å². The van der Waals surface area contributed by atoms with Crippen molar-refractivity contribution in [1.82, 2.24) is 5.32 Å². The van der Waals surface area contributed by atoms with Gasteiger partial charge in [-0.05, 0) is 49.6 Å². The van der Waals surface area contributed by atoms with Crippen LogP contribution in [0.25, 0.3) is 0 Å². The largest absolute Gasteiger partial charge is 0.326 e. The van der Waals surface area contributed by atoms with Gasteiger partial charge in [0.2, 0.25) is 11.8 Å². The fraction of sp³-hybridized carbons (Fsp3) is 0.556. The summed E-state index contributed by atoms with van der Waals surface area (Å²) in [5.74, 6) is 0.583. The summed E-state index contributed by atoms with van der Waals surface area (Å²) in [6, 6.07) is 7.35. The minimum absolute atomic E-state index is 0. The molecular weight excluding hydrogens is 326 g/mol. The number of halogens is 1. The maximum Gasteiger partial charge on any atom is 0.232 e. The van der Waals surface area contributed by atoms with Crippen LogP contribution in [-0.2, 0) is 9.59 Å². The van der Waals surface area contributed by atoms with Crippen LogP contribution in [0.2, 0.25) is 0 Å². The number of anilines is 2. The first-order valence-electron chi connectivity index (χ1n) is 8.56. The molecule has 1 aromatic carbocycles. The fourth-order valence-corrected chi connectivity index (χ4v) is 3.83. The summed E-state index contributed by atoms with van der Waals surface area (Å²) in [5, 5.41) is 9.29. The molecule has 5 nitrogen and oxygen atoms in total. The molecule has 2 amide bonds. The molecule has 1 aliphatic heterocycles. The molecule has 2 fully saturated rings. The molecular formula is C18H26ClN3O2. The summed E-state index contributed by atoms with van der Waals surface area (Å²) in [6.45, 7) is 3.56. The van der Waals surface area contributed by atoms with E-state index in [0.29, 0.717) is 12.3 Å². The maximum absolute atomic E-state index is 12.9.